The van der Waals surface area contributed by atoms with Gasteiger partial charge < -0.3 is 14.7 Å². The molecule has 3 aromatic carbocycles. The zero-order valence-corrected chi connectivity index (χ0v) is 20.6. The number of carbonyl (C=O) groups is 1. The van der Waals surface area contributed by atoms with Gasteiger partial charge in [0, 0.05) is 24.4 Å². The molecule has 2 fully saturated rings. The molecule has 1 amide bonds. The van der Waals surface area contributed by atoms with Gasteiger partial charge in [0.25, 0.3) is 0 Å². The van der Waals surface area contributed by atoms with E-state index in [1.54, 1.807) is 6.07 Å². The van der Waals surface area contributed by atoms with Gasteiger partial charge in [0.05, 0.1) is 5.60 Å². The number of nitrogens with zero attached hydrogens (tertiary/aromatic N) is 1. The summed E-state index contributed by atoms with van der Waals surface area (Å²) in [6, 6.07) is 21.3. The predicted octanol–water partition coefficient (Wildman–Crippen LogP) is 6.37. The molecule has 2 heterocycles. The number of aliphatic hydroxyl groups is 1. The maximum atomic E-state index is 13.9. The standard InChI is InChI=1S/C31H32FNO3/c1-20-13-14-22(32)15-21(20)16-31(35)17-23-7-6-8-24(18-31)33(23)30(34)36-19-29-27-11-4-2-9-25(27)26-10-3-5-12-28(26)29/h2-5,9-15,23-24,29,35H,6-8,16-19H2,1H3. The Balaban J connectivity index is 1.17. The fourth-order valence-corrected chi connectivity index (χ4v) is 6.82. The van der Waals surface area contributed by atoms with Crippen molar-refractivity contribution in [3.63, 3.8) is 0 Å². The van der Waals surface area contributed by atoms with Crippen LogP contribution in [-0.2, 0) is 11.2 Å². The van der Waals surface area contributed by atoms with Crippen LogP contribution >= 0.6 is 0 Å². The predicted molar refractivity (Wildman–Crippen MR) is 137 cm³/mol. The average molecular weight is 486 g/mol. The van der Waals surface area contributed by atoms with Crippen molar-refractivity contribution in [2.45, 2.75) is 69.1 Å². The normalized spacial score (nSPS) is 24.8. The van der Waals surface area contributed by atoms with Gasteiger partial charge in [-0.1, -0.05) is 54.6 Å². The number of hydrogen-bond donors (Lipinski definition) is 1. The molecule has 5 heteroatoms. The minimum atomic E-state index is -0.950. The Labute approximate surface area is 211 Å². The molecule has 6 rings (SSSR count). The largest absolute Gasteiger partial charge is 0.448 e. The molecule has 4 nitrogen and oxygen atoms in total. The second-order valence-electron chi connectivity index (χ2n) is 10.8. The summed E-state index contributed by atoms with van der Waals surface area (Å²) >= 11 is 0. The van der Waals surface area contributed by atoms with Crippen molar-refractivity contribution in [2.75, 3.05) is 6.61 Å². The van der Waals surface area contributed by atoms with Gasteiger partial charge in [0.15, 0.2) is 0 Å². The molecule has 2 unspecified atom stereocenters. The van der Waals surface area contributed by atoms with Crippen LogP contribution in [0.5, 0.6) is 0 Å². The molecule has 2 bridgehead atoms. The molecule has 1 N–H and O–H groups in total. The summed E-state index contributed by atoms with van der Waals surface area (Å²) in [4.78, 5) is 15.3. The maximum absolute atomic E-state index is 13.9. The first-order chi connectivity index (χ1) is 17.4. The molecule has 2 saturated heterocycles. The van der Waals surface area contributed by atoms with Gasteiger partial charge in [-0.3, -0.25) is 0 Å². The summed E-state index contributed by atoms with van der Waals surface area (Å²) in [7, 11) is 0. The molecule has 36 heavy (non-hydrogen) atoms. The average Bonchev–Trinajstić information content (AvgIpc) is 3.18. The summed E-state index contributed by atoms with van der Waals surface area (Å²) in [6.07, 6.45) is 3.85. The lowest BCUT2D eigenvalue weighted by Crippen LogP contribution is -2.60. The zero-order valence-electron chi connectivity index (χ0n) is 20.6. The van der Waals surface area contributed by atoms with E-state index in [1.807, 2.05) is 36.1 Å². The number of hydrogen-bond acceptors (Lipinski definition) is 3. The van der Waals surface area contributed by atoms with E-state index < -0.39 is 5.60 Å². The topological polar surface area (TPSA) is 49.8 Å². The van der Waals surface area contributed by atoms with Gasteiger partial charge in [-0.05, 0) is 84.5 Å². The highest BCUT2D eigenvalue weighted by Gasteiger charge is 2.48. The Kier molecular flexibility index (Phi) is 5.83. The minimum Gasteiger partial charge on any atom is -0.448 e. The monoisotopic (exact) mass is 485 g/mol. The van der Waals surface area contributed by atoms with Crippen LogP contribution in [0.2, 0.25) is 0 Å². The van der Waals surface area contributed by atoms with E-state index in [4.69, 9.17) is 4.74 Å². The van der Waals surface area contributed by atoms with Crippen LogP contribution in [-0.4, -0.2) is 40.4 Å². The van der Waals surface area contributed by atoms with Crippen molar-refractivity contribution in [1.29, 1.82) is 0 Å². The highest BCUT2D eigenvalue weighted by atomic mass is 19.1. The first kappa shape index (κ1) is 23.2. The molecular formula is C31H32FNO3. The van der Waals surface area contributed by atoms with Crippen molar-refractivity contribution in [1.82, 2.24) is 4.90 Å². The third kappa shape index (κ3) is 4.09. The third-order valence-corrected chi connectivity index (χ3v) is 8.47. The molecule has 1 aliphatic carbocycles. The number of piperidine rings is 2. The van der Waals surface area contributed by atoms with Crippen LogP contribution in [0.3, 0.4) is 0 Å². The lowest BCUT2D eigenvalue weighted by atomic mass is 9.73. The number of rotatable bonds is 4. The van der Waals surface area contributed by atoms with Crippen LogP contribution < -0.4 is 0 Å². The SMILES string of the molecule is Cc1ccc(F)cc1CC1(O)CC2CCCC(C1)N2C(=O)OCC1c2ccccc2-c2ccccc21. The van der Waals surface area contributed by atoms with Crippen LogP contribution in [0.25, 0.3) is 11.1 Å². The second kappa shape index (κ2) is 9.04. The highest BCUT2D eigenvalue weighted by molar-refractivity contribution is 5.79. The van der Waals surface area contributed by atoms with Gasteiger partial charge in [-0.25, -0.2) is 9.18 Å². The Bertz CT molecular complexity index is 1240. The van der Waals surface area contributed by atoms with E-state index in [1.165, 1.54) is 34.4 Å². The fraction of sp³-hybridized carbons (Fsp3) is 0.387. The molecule has 0 spiro atoms. The second-order valence-corrected chi connectivity index (χ2v) is 10.8. The number of benzene rings is 3. The van der Waals surface area contributed by atoms with E-state index in [0.29, 0.717) is 25.9 Å². The summed E-state index contributed by atoms with van der Waals surface area (Å²) < 4.78 is 19.9. The first-order valence-electron chi connectivity index (χ1n) is 13.0. The Hall–Kier alpha value is -3.18. The molecule has 0 aromatic heterocycles. The summed E-state index contributed by atoms with van der Waals surface area (Å²) in [6.45, 7) is 2.25. The number of fused-ring (bicyclic) bond motifs is 5. The number of amides is 1. The number of ether oxygens (including phenoxy) is 1. The van der Waals surface area contributed by atoms with E-state index in [-0.39, 0.29) is 29.9 Å². The zero-order chi connectivity index (χ0) is 24.9. The quantitative estimate of drug-likeness (QED) is 0.467. The Morgan fingerprint density at radius 3 is 2.25 bits per heavy atom. The Morgan fingerprint density at radius 2 is 1.61 bits per heavy atom. The number of carbonyl (C=O) groups excluding carboxylic acids is 1. The van der Waals surface area contributed by atoms with Gasteiger partial charge in [-0.15, -0.1) is 0 Å². The third-order valence-electron chi connectivity index (χ3n) is 8.47. The van der Waals surface area contributed by atoms with Crippen molar-refractivity contribution in [3.05, 3.63) is 94.8 Å². The van der Waals surface area contributed by atoms with Crippen molar-refractivity contribution >= 4 is 6.09 Å². The van der Waals surface area contributed by atoms with Gasteiger partial charge in [0.1, 0.15) is 12.4 Å². The van der Waals surface area contributed by atoms with E-state index in [0.717, 1.165) is 30.4 Å². The fourth-order valence-electron chi connectivity index (χ4n) is 6.82. The molecule has 3 aromatic rings. The number of aryl methyl sites for hydroxylation is 1. The number of halogens is 1. The smallest absolute Gasteiger partial charge is 0.410 e. The molecule has 186 valence electrons. The molecule has 0 saturated carbocycles. The van der Waals surface area contributed by atoms with E-state index in [9.17, 15) is 14.3 Å². The molecule has 2 aliphatic heterocycles. The van der Waals surface area contributed by atoms with Crippen LogP contribution in [0.15, 0.2) is 66.7 Å². The van der Waals surface area contributed by atoms with Crippen molar-refractivity contribution in [2.24, 2.45) is 0 Å². The summed E-state index contributed by atoms with van der Waals surface area (Å²) in [5.74, 6) is -0.255. The highest BCUT2D eigenvalue weighted by Crippen LogP contribution is 2.45. The lowest BCUT2D eigenvalue weighted by Gasteiger charge is -2.51. The van der Waals surface area contributed by atoms with Crippen LogP contribution in [0.4, 0.5) is 9.18 Å². The van der Waals surface area contributed by atoms with Crippen LogP contribution in [0, 0.1) is 12.7 Å². The molecular weight excluding hydrogens is 453 g/mol. The molecule has 2 atom stereocenters. The van der Waals surface area contributed by atoms with E-state index >= 15 is 0 Å². The van der Waals surface area contributed by atoms with Gasteiger partial charge >= 0.3 is 6.09 Å². The van der Waals surface area contributed by atoms with Gasteiger partial charge in [-0.2, -0.15) is 0 Å². The Morgan fingerprint density at radius 1 is 1.00 bits per heavy atom. The summed E-state index contributed by atoms with van der Waals surface area (Å²) in [5, 5.41) is 11.6. The maximum Gasteiger partial charge on any atom is 0.410 e. The van der Waals surface area contributed by atoms with Gasteiger partial charge in [0.2, 0.25) is 0 Å². The molecule has 0 radical (unpaired) electrons. The summed E-state index contributed by atoms with van der Waals surface area (Å²) in [5.41, 5.74) is 5.69. The minimum absolute atomic E-state index is 0.0267. The van der Waals surface area contributed by atoms with Crippen molar-refractivity contribution in [3.8, 4) is 11.1 Å². The molecule has 3 aliphatic rings. The van der Waals surface area contributed by atoms with Crippen molar-refractivity contribution < 1.29 is 19.0 Å². The lowest BCUT2D eigenvalue weighted by molar-refractivity contribution is -0.0841. The van der Waals surface area contributed by atoms with E-state index in [2.05, 4.69) is 24.3 Å². The first-order valence-corrected chi connectivity index (χ1v) is 13.0. The van der Waals surface area contributed by atoms with Crippen LogP contribution in [0.1, 0.15) is 60.3 Å².